The Morgan fingerprint density at radius 3 is 1.89 bits per heavy atom. The maximum atomic E-state index is 9.85. The monoisotopic (exact) mass is 124 g/mol. The second-order valence-corrected chi connectivity index (χ2v) is 2.66. The fraction of sp³-hybridized carbons (Fsp3) is 1.00. The predicted octanol–water partition coefficient (Wildman–Crippen LogP) is -2.83. The summed E-state index contributed by atoms with van der Waals surface area (Å²) >= 11 is 0. The van der Waals surface area contributed by atoms with Crippen LogP contribution in [-0.4, -0.2) is 18.8 Å². The first-order valence-corrected chi connectivity index (χ1v) is 2.78. The van der Waals surface area contributed by atoms with Gasteiger partial charge in [-0.2, -0.15) is 0 Å². The first kappa shape index (κ1) is 12.2. The third-order valence-electron chi connectivity index (χ3n) is 0.618. The number of hydrogen-bond acceptors (Lipinski definition) is 2. The van der Waals surface area contributed by atoms with Crippen LogP contribution in [0, 0.1) is 0 Å². The number of hydrogen-bond donors (Lipinski definition) is 0. The van der Waals surface area contributed by atoms with E-state index in [4.69, 9.17) is 4.74 Å². The summed E-state index contributed by atoms with van der Waals surface area (Å²) in [6.45, 7) is 5.98. The molecule has 0 heterocycles. The van der Waals surface area contributed by atoms with Crippen molar-refractivity contribution in [2.24, 2.45) is 0 Å². The first-order chi connectivity index (χ1) is 3.56. The molecule has 9 heavy (non-hydrogen) atoms. The minimum absolute atomic E-state index is 0. The fourth-order valence-electron chi connectivity index (χ4n) is 0.348. The Balaban J connectivity index is 0. The van der Waals surface area contributed by atoms with Gasteiger partial charge in [-0.3, -0.25) is 0 Å². The third kappa shape index (κ3) is 11.9. The van der Waals surface area contributed by atoms with E-state index in [0.717, 1.165) is 0 Å². The van der Waals surface area contributed by atoms with Gasteiger partial charge < -0.3 is 9.84 Å². The Morgan fingerprint density at radius 2 is 1.78 bits per heavy atom. The van der Waals surface area contributed by atoms with Crippen molar-refractivity contribution < 1.29 is 28.7 Å². The van der Waals surface area contributed by atoms with E-state index in [2.05, 4.69) is 0 Å². The first-order valence-electron chi connectivity index (χ1n) is 2.78. The molecule has 0 amide bonds. The molecule has 0 bridgehead atoms. The molecule has 0 N–H and O–H groups in total. The maximum Gasteiger partial charge on any atom is 1.00 e. The van der Waals surface area contributed by atoms with E-state index in [9.17, 15) is 5.11 Å². The third-order valence-corrected chi connectivity index (χ3v) is 0.618. The molecule has 0 atom stereocenters. The average Bonchev–Trinajstić information content (AvgIpc) is 1.59. The Hall–Kier alpha value is 0.517. The van der Waals surface area contributed by atoms with Crippen molar-refractivity contribution in [2.45, 2.75) is 26.4 Å². The molecule has 0 radical (unpaired) electrons. The van der Waals surface area contributed by atoms with Gasteiger partial charge in [0.2, 0.25) is 0 Å². The average molecular weight is 124 g/mol. The number of ether oxygens (including phenoxy) is 1. The van der Waals surface area contributed by atoms with Crippen molar-refractivity contribution in [3.63, 3.8) is 0 Å². The minimum Gasteiger partial charge on any atom is -0.853 e. The Kier molecular flexibility index (Phi) is 7.21. The summed E-state index contributed by atoms with van der Waals surface area (Å²) in [5.41, 5.74) is -0.148. The smallest absolute Gasteiger partial charge is 0.853 e. The second-order valence-electron chi connectivity index (χ2n) is 2.66. The van der Waals surface area contributed by atoms with Crippen LogP contribution in [0.25, 0.3) is 0 Å². The summed E-state index contributed by atoms with van der Waals surface area (Å²) in [5.74, 6) is 0. The molecular weight excluding hydrogens is 111 g/mol. The van der Waals surface area contributed by atoms with Crippen LogP contribution in [0.3, 0.4) is 0 Å². The minimum atomic E-state index is -0.148. The normalized spacial score (nSPS) is 10.7. The molecule has 0 saturated heterocycles. The molecule has 0 saturated carbocycles. The molecule has 0 rings (SSSR count). The molecule has 0 aliphatic heterocycles. The Labute approximate surface area is 68.8 Å². The van der Waals surface area contributed by atoms with Crippen molar-refractivity contribution in [1.82, 2.24) is 0 Å². The molecule has 0 unspecified atom stereocenters. The second kappa shape index (κ2) is 5.31. The van der Waals surface area contributed by atoms with Gasteiger partial charge in [0.05, 0.1) is 5.60 Å². The molecule has 2 nitrogen and oxygen atoms in total. The van der Waals surface area contributed by atoms with Gasteiger partial charge in [-0.15, -0.1) is 6.61 Å². The van der Waals surface area contributed by atoms with Crippen LogP contribution in [0.5, 0.6) is 0 Å². The van der Waals surface area contributed by atoms with Crippen LogP contribution >= 0.6 is 0 Å². The van der Waals surface area contributed by atoms with Crippen LogP contribution in [0.4, 0.5) is 0 Å². The molecule has 0 aromatic heterocycles. The van der Waals surface area contributed by atoms with E-state index < -0.39 is 0 Å². The van der Waals surface area contributed by atoms with Crippen molar-refractivity contribution in [1.29, 1.82) is 0 Å². The van der Waals surface area contributed by atoms with Gasteiger partial charge in [0, 0.05) is 6.61 Å². The van der Waals surface area contributed by atoms with Gasteiger partial charge in [0.15, 0.2) is 0 Å². The molecule has 3 heteroatoms. The van der Waals surface area contributed by atoms with Crippen LogP contribution in [0.1, 0.15) is 20.8 Å². The topological polar surface area (TPSA) is 32.3 Å². The van der Waals surface area contributed by atoms with E-state index in [1.807, 2.05) is 20.8 Å². The summed E-state index contributed by atoms with van der Waals surface area (Å²) in [6, 6.07) is 0. The van der Waals surface area contributed by atoms with Gasteiger partial charge in [0.25, 0.3) is 0 Å². The van der Waals surface area contributed by atoms with Crippen LogP contribution in [0.15, 0.2) is 0 Å². The van der Waals surface area contributed by atoms with Crippen LogP contribution < -0.4 is 24.0 Å². The standard InChI is InChI=1S/C6H13O2.Li/c1-6(2,3)8-5-4-7;/h4-5H2,1-3H3;/q-1;+1. The molecule has 0 aliphatic rings. The molecule has 0 aromatic rings. The summed E-state index contributed by atoms with van der Waals surface area (Å²) in [4.78, 5) is 0. The summed E-state index contributed by atoms with van der Waals surface area (Å²) in [6.07, 6.45) is 0. The summed E-state index contributed by atoms with van der Waals surface area (Å²) in [5, 5.41) is 9.85. The number of rotatable bonds is 2. The molecule has 50 valence electrons. The predicted molar refractivity (Wildman–Crippen MR) is 30.6 cm³/mol. The SMILES string of the molecule is CC(C)(C)OCC[O-].[Li+]. The van der Waals surface area contributed by atoms with Gasteiger partial charge in [-0.1, -0.05) is 0 Å². The van der Waals surface area contributed by atoms with Crippen LogP contribution in [-0.2, 0) is 4.74 Å². The van der Waals surface area contributed by atoms with Gasteiger partial charge in [-0.25, -0.2) is 0 Å². The summed E-state index contributed by atoms with van der Waals surface area (Å²) in [7, 11) is 0. The Morgan fingerprint density at radius 1 is 1.33 bits per heavy atom. The van der Waals surface area contributed by atoms with E-state index >= 15 is 0 Å². The van der Waals surface area contributed by atoms with E-state index in [1.165, 1.54) is 0 Å². The van der Waals surface area contributed by atoms with Gasteiger partial charge in [-0.05, 0) is 20.8 Å². The van der Waals surface area contributed by atoms with E-state index in [0.29, 0.717) is 6.61 Å². The van der Waals surface area contributed by atoms with E-state index in [-0.39, 0.29) is 31.1 Å². The zero-order valence-electron chi connectivity index (χ0n) is 6.73. The maximum absolute atomic E-state index is 9.85. The van der Waals surface area contributed by atoms with Crippen molar-refractivity contribution >= 4 is 0 Å². The van der Waals surface area contributed by atoms with Crippen molar-refractivity contribution in [2.75, 3.05) is 13.2 Å². The molecule has 0 aliphatic carbocycles. The fourth-order valence-corrected chi connectivity index (χ4v) is 0.348. The van der Waals surface area contributed by atoms with Crippen molar-refractivity contribution in [3.8, 4) is 0 Å². The molecule has 0 fully saturated rings. The largest absolute Gasteiger partial charge is 1.00 e. The van der Waals surface area contributed by atoms with E-state index in [1.54, 1.807) is 0 Å². The zero-order chi connectivity index (χ0) is 6.62. The molecule has 0 aromatic carbocycles. The molecular formula is C6H13LiO2. The van der Waals surface area contributed by atoms with Crippen LogP contribution in [0.2, 0.25) is 0 Å². The van der Waals surface area contributed by atoms with Gasteiger partial charge >= 0.3 is 18.9 Å². The summed E-state index contributed by atoms with van der Waals surface area (Å²) < 4.78 is 5.07. The zero-order valence-corrected chi connectivity index (χ0v) is 6.73. The van der Waals surface area contributed by atoms with Crippen molar-refractivity contribution in [3.05, 3.63) is 0 Å². The van der Waals surface area contributed by atoms with Gasteiger partial charge in [0.1, 0.15) is 0 Å². The molecule has 0 spiro atoms. The quantitative estimate of drug-likeness (QED) is 0.371. The Bertz CT molecular complexity index is 58.6.